The largest absolute Gasteiger partial charge is 0.384 e. The summed E-state index contributed by atoms with van der Waals surface area (Å²) in [6, 6.07) is 11.8. The number of aromatic nitrogens is 1. The van der Waals surface area contributed by atoms with E-state index in [2.05, 4.69) is 18.0 Å². The fourth-order valence-electron chi connectivity index (χ4n) is 3.03. The van der Waals surface area contributed by atoms with Crippen molar-refractivity contribution in [2.75, 3.05) is 0 Å². The fourth-order valence-corrected chi connectivity index (χ4v) is 4.27. The van der Waals surface area contributed by atoms with Gasteiger partial charge in [-0.3, -0.25) is 0 Å². The van der Waals surface area contributed by atoms with Gasteiger partial charge in [0.25, 0.3) is 0 Å². The topological polar surface area (TPSA) is 33.1 Å². The van der Waals surface area contributed by atoms with Gasteiger partial charge in [0.1, 0.15) is 6.10 Å². The standard InChI is InChI=1S/C19H23NOS/c1-14-12-16(18(21)15-8-4-2-5-9-15)13-20-19(14)22-17-10-6-3-7-11-17/h2,4-5,8-9,12-13,17-18,21H,3,6-7,10-11H2,1H3/t18-/m0/s1. The molecule has 116 valence electrons. The third-order valence-electron chi connectivity index (χ3n) is 4.31. The molecule has 1 aliphatic rings. The second-order valence-electron chi connectivity index (χ2n) is 6.08. The predicted molar refractivity (Wildman–Crippen MR) is 92.2 cm³/mol. The van der Waals surface area contributed by atoms with Crippen LogP contribution in [0.1, 0.15) is 54.9 Å². The summed E-state index contributed by atoms with van der Waals surface area (Å²) in [5.74, 6) is 0. The van der Waals surface area contributed by atoms with E-state index in [1.807, 2.05) is 48.3 Å². The van der Waals surface area contributed by atoms with Crippen LogP contribution in [0.4, 0.5) is 0 Å². The van der Waals surface area contributed by atoms with E-state index in [0.717, 1.165) is 16.2 Å². The summed E-state index contributed by atoms with van der Waals surface area (Å²) in [4.78, 5) is 4.62. The number of benzene rings is 1. The van der Waals surface area contributed by atoms with Gasteiger partial charge in [0.05, 0.1) is 5.03 Å². The summed E-state index contributed by atoms with van der Waals surface area (Å²) < 4.78 is 0. The van der Waals surface area contributed by atoms with Gasteiger partial charge in [-0.1, -0.05) is 49.6 Å². The number of thioether (sulfide) groups is 1. The van der Waals surface area contributed by atoms with Gasteiger partial charge in [-0.25, -0.2) is 4.98 Å². The Bertz CT molecular complexity index is 608. The molecular weight excluding hydrogens is 290 g/mol. The number of hydrogen-bond donors (Lipinski definition) is 1. The first kappa shape index (κ1) is 15.6. The molecule has 0 radical (unpaired) electrons. The maximum atomic E-state index is 10.5. The molecule has 3 rings (SSSR count). The molecule has 1 heterocycles. The van der Waals surface area contributed by atoms with Gasteiger partial charge in [0, 0.05) is 17.0 Å². The number of aliphatic hydroxyl groups excluding tert-OH is 1. The molecule has 0 amide bonds. The average molecular weight is 313 g/mol. The van der Waals surface area contributed by atoms with Crippen molar-refractivity contribution in [2.45, 2.75) is 55.4 Å². The highest BCUT2D eigenvalue weighted by atomic mass is 32.2. The van der Waals surface area contributed by atoms with Crippen molar-refractivity contribution in [1.82, 2.24) is 4.98 Å². The van der Waals surface area contributed by atoms with Crippen LogP contribution < -0.4 is 0 Å². The monoisotopic (exact) mass is 313 g/mol. The molecule has 1 aromatic carbocycles. The minimum Gasteiger partial charge on any atom is -0.384 e. The van der Waals surface area contributed by atoms with E-state index < -0.39 is 6.10 Å². The van der Waals surface area contributed by atoms with Gasteiger partial charge in [-0.2, -0.15) is 0 Å². The highest BCUT2D eigenvalue weighted by molar-refractivity contribution is 7.99. The third kappa shape index (κ3) is 3.71. The van der Waals surface area contributed by atoms with E-state index in [1.54, 1.807) is 0 Å². The lowest BCUT2D eigenvalue weighted by molar-refractivity contribution is 0.219. The van der Waals surface area contributed by atoms with Crippen LogP contribution in [0.3, 0.4) is 0 Å². The van der Waals surface area contributed by atoms with Crippen molar-refractivity contribution in [2.24, 2.45) is 0 Å². The molecule has 0 aliphatic heterocycles. The Hall–Kier alpha value is -1.32. The molecule has 1 N–H and O–H groups in total. The summed E-state index contributed by atoms with van der Waals surface area (Å²) in [6.07, 6.45) is 7.92. The van der Waals surface area contributed by atoms with Gasteiger partial charge < -0.3 is 5.11 Å². The summed E-state index contributed by atoms with van der Waals surface area (Å²) in [7, 11) is 0. The molecule has 1 aliphatic carbocycles. The van der Waals surface area contributed by atoms with E-state index in [9.17, 15) is 5.11 Å². The van der Waals surface area contributed by atoms with Gasteiger partial charge in [0.2, 0.25) is 0 Å². The second kappa shape index (κ2) is 7.30. The molecule has 2 aromatic rings. The number of pyridine rings is 1. The summed E-state index contributed by atoms with van der Waals surface area (Å²) in [6.45, 7) is 2.10. The predicted octanol–water partition coefficient (Wildman–Crippen LogP) is 4.90. The van der Waals surface area contributed by atoms with Crippen LogP contribution in [0.2, 0.25) is 0 Å². The maximum Gasteiger partial charge on any atom is 0.106 e. The summed E-state index contributed by atoms with van der Waals surface area (Å²) in [5, 5.41) is 12.3. The molecule has 0 unspecified atom stereocenters. The molecule has 1 fully saturated rings. The molecule has 0 saturated heterocycles. The van der Waals surface area contributed by atoms with Crippen molar-refractivity contribution < 1.29 is 5.11 Å². The Morgan fingerprint density at radius 1 is 1.09 bits per heavy atom. The first-order valence-corrected chi connectivity index (χ1v) is 8.98. The molecule has 1 aromatic heterocycles. The van der Waals surface area contributed by atoms with Crippen LogP contribution in [0, 0.1) is 6.92 Å². The van der Waals surface area contributed by atoms with E-state index in [0.29, 0.717) is 5.25 Å². The maximum absolute atomic E-state index is 10.5. The van der Waals surface area contributed by atoms with E-state index in [4.69, 9.17) is 0 Å². The normalized spacial score (nSPS) is 17.4. The average Bonchev–Trinajstić information content (AvgIpc) is 2.58. The zero-order valence-electron chi connectivity index (χ0n) is 13.0. The number of aryl methyl sites for hydroxylation is 1. The SMILES string of the molecule is Cc1cc([C@@H](O)c2ccccc2)cnc1SC1CCCCC1. The van der Waals surface area contributed by atoms with E-state index in [-0.39, 0.29) is 0 Å². The molecule has 3 heteroatoms. The van der Waals surface area contributed by atoms with E-state index in [1.165, 1.54) is 37.7 Å². The zero-order chi connectivity index (χ0) is 15.4. The lowest BCUT2D eigenvalue weighted by Gasteiger charge is -2.21. The van der Waals surface area contributed by atoms with Crippen LogP contribution in [0.5, 0.6) is 0 Å². The lowest BCUT2D eigenvalue weighted by Crippen LogP contribution is -2.09. The molecule has 0 bridgehead atoms. The van der Waals surface area contributed by atoms with Crippen molar-refractivity contribution in [3.8, 4) is 0 Å². The molecule has 22 heavy (non-hydrogen) atoms. The molecule has 1 atom stereocenters. The quantitative estimate of drug-likeness (QED) is 0.872. The number of nitrogens with zero attached hydrogens (tertiary/aromatic N) is 1. The fraction of sp³-hybridized carbons (Fsp3) is 0.421. The number of aliphatic hydroxyl groups is 1. The Labute approximate surface area is 137 Å². The minimum atomic E-state index is -0.596. The van der Waals surface area contributed by atoms with Crippen LogP contribution in [-0.2, 0) is 0 Å². The van der Waals surface area contributed by atoms with Crippen LogP contribution >= 0.6 is 11.8 Å². The Morgan fingerprint density at radius 3 is 2.50 bits per heavy atom. The molecule has 1 saturated carbocycles. The highest BCUT2D eigenvalue weighted by Crippen LogP contribution is 2.35. The third-order valence-corrected chi connectivity index (χ3v) is 5.77. The van der Waals surface area contributed by atoms with Crippen molar-refractivity contribution in [1.29, 1.82) is 0 Å². The van der Waals surface area contributed by atoms with Crippen molar-refractivity contribution in [3.05, 3.63) is 59.3 Å². The Balaban J connectivity index is 1.74. The lowest BCUT2D eigenvalue weighted by atomic mass is 10.0. The first-order chi connectivity index (χ1) is 10.7. The summed E-state index contributed by atoms with van der Waals surface area (Å²) in [5.41, 5.74) is 2.95. The van der Waals surface area contributed by atoms with Gasteiger partial charge >= 0.3 is 0 Å². The van der Waals surface area contributed by atoms with Crippen molar-refractivity contribution >= 4 is 11.8 Å². The number of hydrogen-bond acceptors (Lipinski definition) is 3. The van der Waals surface area contributed by atoms with Crippen molar-refractivity contribution in [3.63, 3.8) is 0 Å². The molecule has 0 spiro atoms. The zero-order valence-corrected chi connectivity index (χ0v) is 13.9. The Morgan fingerprint density at radius 2 is 1.82 bits per heavy atom. The summed E-state index contributed by atoms with van der Waals surface area (Å²) >= 11 is 1.91. The number of rotatable bonds is 4. The van der Waals surface area contributed by atoms with Gasteiger partial charge in [0.15, 0.2) is 0 Å². The molecular formula is C19H23NOS. The van der Waals surface area contributed by atoms with E-state index >= 15 is 0 Å². The molecule has 2 nitrogen and oxygen atoms in total. The second-order valence-corrected chi connectivity index (χ2v) is 7.37. The van der Waals surface area contributed by atoms with Gasteiger partial charge in [-0.05, 0) is 37.0 Å². The van der Waals surface area contributed by atoms with Crippen LogP contribution in [0.15, 0.2) is 47.6 Å². The van der Waals surface area contributed by atoms with Crippen LogP contribution in [0.25, 0.3) is 0 Å². The smallest absolute Gasteiger partial charge is 0.106 e. The minimum absolute atomic E-state index is 0.596. The Kier molecular flexibility index (Phi) is 5.16. The van der Waals surface area contributed by atoms with Crippen LogP contribution in [-0.4, -0.2) is 15.3 Å². The first-order valence-electron chi connectivity index (χ1n) is 8.10. The van der Waals surface area contributed by atoms with Gasteiger partial charge in [-0.15, -0.1) is 11.8 Å². The highest BCUT2D eigenvalue weighted by Gasteiger charge is 2.17.